The Hall–Kier alpha value is -0.130. The molecule has 1 aromatic heterocycles. The number of benzene rings is 1. The van der Waals surface area contributed by atoms with Gasteiger partial charge in [0.05, 0.1) is 16.1 Å². The van der Waals surface area contributed by atoms with Gasteiger partial charge < -0.3 is 5.32 Å². The number of halogens is 4. The Morgan fingerprint density at radius 1 is 1.35 bits per heavy atom. The van der Waals surface area contributed by atoms with Gasteiger partial charge in [0, 0.05) is 14.9 Å². The van der Waals surface area contributed by atoms with Crippen molar-refractivity contribution in [3.63, 3.8) is 0 Å². The molecule has 0 spiro atoms. The number of hydrogen-bond acceptors (Lipinski definition) is 2. The van der Waals surface area contributed by atoms with E-state index >= 15 is 0 Å². The van der Waals surface area contributed by atoms with Gasteiger partial charge in [-0.05, 0) is 46.4 Å². The van der Waals surface area contributed by atoms with Crippen molar-refractivity contribution in [2.75, 3.05) is 6.54 Å². The maximum Gasteiger partial charge on any atom is 0.148 e. The van der Waals surface area contributed by atoms with Crippen molar-refractivity contribution in [3.05, 3.63) is 54.4 Å². The lowest BCUT2D eigenvalue weighted by Gasteiger charge is -2.20. The summed E-state index contributed by atoms with van der Waals surface area (Å²) in [6, 6.07) is 5.02. The zero-order chi connectivity index (χ0) is 14.7. The van der Waals surface area contributed by atoms with Gasteiger partial charge in [0.15, 0.2) is 0 Å². The molecular formula is C14H13BrCl2FNS. The van der Waals surface area contributed by atoms with Crippen molar-refractivity contribution in [2.45, 2.75) is 19.4 Å². The van der Waals surface area contributed by atoms with Gasteiger partial charge in [0.1, 0.15) is 5.82 Å². The molecule has 1 unspecified atom stereocenters. The SMILES string of the molecule is CCCNC(c1ccc(Br)c(Cl)c1F)c1sccc1Cl. The van der Waals surface area contributed by atoms with Crippen molar-refractivity contribution in [3.8, 4) is 0 Å². The maximum atomic E-state index is 14.4. The molecule has 1 heterocycles. The van der Waals surface area contributed by atoms with E-state index in [2.05, 4.69) is 28.2 Å². The predicted octanol–water partition coefficient (Wildman–Crippen LogP) is 6.05. The largest absolute Gasteiger partial charge is 0.305 e. The molecule has 108 valence electrons. The second kappa shape index (κ2) is 7.23. The third-order valence-corrected chi connectivity index (χ3v) is 5.56. The Morgan fingerprint density at radius 2 is 2.10 bits per heavy atom. The van der Waals surface area contributed by atoms with Gasteiger partial charge in [-0.3, -0.25) is 0 Å². The average molecular weight is 397 g/mol. The highest BCUT2D eigenvalue weighted by atomic mass is 79.9. The van der Waals surface area contributed by atoms with Crippen molar-refractivity contribution >= 4 is 50.5 Å². The summed E-state index contributed by atoms with van der Waals surface area (Å²) >= 11 is 16.9. The summed E-state index contributed by atoms with van der Waals surface area (Å²) in [5.41, 5.74) is 0.510. The molecule has 0 saturated carbocycles. The van der Waals surface area contributed by atoms with Crippen LogP contribution in [-0.2, 0) is 0 Å². The van der Waals surface area contributed by atoms with Crippen molar-refractivity contribution in [1.82, 2.24) is 5.32 Å². The van der Waals surface area contributed by atoms with E-state index in [1.165, 1.54) is 11.3 Å². The van der Waals surface area contributed by atoms with Crippen LogP contribution in [0.15, 0.2) is 28.1 Å². The standard InChI is InChI=1S/C14H13BrCl2FNS/c1-2-6-19-13(14-10(16)5-7-20-14)8-3-4-9(15)11(17)12(8)18/h3-5,7,13,19H,2,6H2,1H3. The second-order valence-electron chi connectivity index (χ2n) is 4.28. The first-order valence-corrected chi connectivity index (χ1v) is 8.58. The summed E-state index contributed by atoms with van der Waals surface area (Å²) in [5, 5.41) is 5.96. The van der Waals surface area contributed by atoms with E-state index in [1.807, 2.05) is 11.4 Å². The van der Waals surface area contributed by atoms with Crippen LogP contribution in [0.5, 0.6) is 0 Å². The summed E-state index contributed by atoms with van der Waals surface area (Å²) in [4.78, 5) is 0.900. The first kappa shape index (κ1) is 16.2. The van der Waals surface area contributed by atoms with Crippen LogP contribution in [0.2, 0.25) is 10.0 Å². The number of thiophene rings is 1. The molecule has 2 rings (SSSR count). The molecule has 0 fully saturated rings. The smallest absolute Gasteiger partial charge is 0.148 e. The van der Waals surface area contributed by atoms with Crippen molar-refractivity contribution in [2.24, 2.45) is 0 Å². The van der Waals surface area contributed by atoms with Gasteiger partial charge in [0.25, 0.3) is 0 Å². The van der Waals surface area contributed by atoms with E-state index in [0.717, 1.165) is 17.8 Å². The van der Waals surface area contributed by atoms with E-state index < -0.39 is 5.82 Å². The van der Waals surface area contributed by atoms with Crippen LogP contribution < -0.4 is 5.32 Å². The van der Waals surface area contributed by atoms with Crippen LogP contribution >= 0.6 is 50.5 Å². The van der Waals surface area contributed by atoms with Crippen molar-refractivity contribution in [1.29, 1.82) is 0 Å². The fraction of sp³-hybridized carbons (Fsp3) is 0.286. The molecule has 1 aromatic carbocycles. The summed E-state index contributed by atoms with van der Waals surface area (Å²) in [6.45, 7) is 2.83. The number of nitrogens with one attached hydrogen (secondary N) is 1. The molecule has 1 nitrogen and oxygen atoms in total. The van der Waals surface area contributed by atoms with Crippen LogP contribution in [0.25, 0.3) is 0 Å². The minimum absolute atomic E-state index is 0.0958. The third-order valence-electron chi connectivity index (χ3n) is 2.88. The van der Waals surface area contributed by atoms with Gasteiger partial charge >= 0.3 is 0 Å². The van der Waals surface area contributed by atoms with Gasteiger partial charge in [-0.2, -0.15) is 0 Å². The van der Waals surface area contributed by atoms with Gasteiger partial charge in [-0.1, -0.05) is 36.2 Å². The monoisotopic (exact) mass is 395 g/mol. The Kier molecular flexibility index (Phi) is 5.87. The Morgan fingerprint density at radius 3 is 2.70 bits per heavy atom. The van der Waals surface area contributed by atoms with Crippen molar-refractivity contribution < 1.29 is 4.39 Å². The topological polar surface area (TPSA) is 12.0 Å². The van der Waals surface area contributed by atoms with E-state index in [1.54, 1.807) is 12.1 Å². The van der Waals surface area contributed by atoms with E-state index in [-0.39, 0.29) is 11.1 Å². The highest BCUT2D eigenvalue weighted by molar-refractivity contribution is 9.10. The molecule has 0 amide bonds. The molecule has 0 bridgehead atoms. The first-order valence-electron chi connectivity index (χ1n) is 6.16. The van der Waals surface area contributed by atoms with Gasteiger partial charge in [-0.15, -0.1) is 11.3 Å². The quantitative estimate of drug-likeness (QED) is 0.607. The molecular weight excluding hydrogens is 384 g/mol. The Bertz CT molecular complexity index is 603. The zero-order valence-electron chi connectivity index (χ0n) is 10.7. The van der Waals surface area contributed by atoms with Gasteiger partial charge in [0.2, 0.25) is 0 Å². The van der Waals surface area contributed by atoms with Crippen LogP contribution in [0.1, 0.15) is 29.8 Å². The average Bonchev–Trinajstić information content (AvgIpc) is 2.85. The van der Waals surface area contributed by atoms with Crippen LogP contribution in [0.3, 0.4) is 0 Å². The molecule has 6 heteroatoms. The molecule has 0 radical (unpaired) electrons. The van der Waals surface area contributed by atoms with Crippen LogP contribution in [-0.4, -0.2) is 6.54 Å². The van der Waals surface area contributed by atoms with Crippen LogP contribution in [0, 0.1) is 5.82 Å². The second-order valence-corrected chi connectivity index (χ2v) is 6.87. The molecule has 0 aliphatic heterocycles. The minimum Gasteiger partial charge on any atom is -0.305 e. The third kappa shape index (κ3) is 3.37. The highest BCUT2D eigenvalue weighted by Gasteiger charge is 2.23. The molecule has 2 aromatic rings. The highest BCUT2D eigenvalue weighted by Crippen LogP contribution is 2.37. The summed E-state index contributed by atoms with van der Waals surface area (Å²) < 4.78 is 15.0. The molecule has 0 aliphatic rings. The maximum absolute atomic E-state index is 14.4. The zero-order valence-corrected chi connectivity index (χ0v) is 14.6. The molecule has 0 saturated heterocycles. The van der Waals surface area contributed by atoms with E-state index in [9.17, 15) is 4.39 Å². The molecule has 0 aliphatic carbocycles. The molecule has 20 heavy (non-hydrogen) atoms. The fourth-order valence-corrected chi connectivity index (χ4v) is 3.64. The Labute approximate surface area is 140 Å². The van der Waals surface area contributed by atoms with Gasteiger partial charge in [-0.25, -0.2) is 4.39 Å². The normalized spacial score (nSPS) is 12.7. The first-order chi connectivity index (χ1) is 9.56. The van der Waals surface area contributed by atoms with E-state index in [0.29, 0.717) is 15.1 Å². The Balaban J connectivity index is 2.47. The van der Waals surface area contributed by atoms with E-state index in [4.69, 9.17) is 23.2 Å². The predicted molar refractivity (Wildman–Crippen MR) is 88.6 cm³/mol. The summed E-state index contributed by atoms with van der Waals surface area (Å²) in [5.74, 6) is -0.417. The number of hydrogen-bond donors (Lipinski definition) is 1. The molecule has 1 N–H and O–H groups in total. The fourth-order valence-electron chi connectivity index (χ4n) is 1.91. The summed E-state index contributed by atoms with van der Waals surface area (Å²) in [6.07, 6.45) is 0.950. The lowest BCUT2D eigenvalue weighted by molar-refractivity contribution is 0.551. The number of rotatable bonds is 5. The summed E-state index contributed by atoms with van der Waals surface area (Å²) in [7, 11) is 0. The lowest BCUT2D eigenvalue weighted by Crippen LogP contribution is -2.23. The van der Waals surface area contributed by atoms with Crippen LogP contribution in [0.4, 0.5) is 4.39 Å². The molecule has 1 atom stereocenters. The minimum atomic E-state index is -0.417. The lowest BCUT2D eigenvalue weighted by atomic mass is 10.0.